The highest BCUT2D eigenvalue weighted by Gasteiger charge is 2.25. The van der Waals surface area contributed by atoms with Crippen LogP contribution in [0.5, 0.6) is 0 Å². The summed E-state index contributed by atoms with van der Waals surface area (Å²) in [6.07, 6.45) is 4.98. The summed E-state index contributed by atoms with van der Waals surface area (Å²) >= 11 is 0. The molecule has 0 aliphatic heterocycles. The molecule has 2 heterocycles. The lowest BCUT2D eigenvalue weighted by Crippen LogP contribution is -2.22. The molecule has 0 saturated heterocycles. The van der Waals surface area contributed by atoms with Crippen molar-refractivity contribution in [3.8, 4) is 22.5 Å². The van der Waals surface area contributed by atoms with Gasteiger partial charge in [-0.3, -0.25) is 4.68 Å². The van der Waals surface area contributed by atoms with Gasteiger partial charge in [-0.05, 0) is 6.92 Å². The van der Waals surface area contributed by atoms with Crippen LogP contribution in [-0.2, 0) is 11.3 Å². The van der Waals surface area contributed by atoms with Crippen molar-refractivity contribution in [1.82, 2.24) is 19.3 Å². The molecule has 3 aromatic rings. The fourth-order valence-electron chi connectivity index (χ4n) is 2.63. The third-order valence-corrected chi connectivity index (χ3v) is 3.87. The molecule has 0 spiro atoms. The number of aliphatic hydroxyl groups excluding tert-OH is 1. The number of aliphatic hydroxyl groups is 1. The second kappa shape index (κ2) is 6.67. The van der Waals surface area contributed by atoms with Gasteiger partial charge in [-0.15, -0.1) is 0 Å². The molecule has 0 unspecified atom stereocenters. The Morgan fingerprint density at radius 2 is 2.00 bits per heavy atom. The van der Waals surface area contributed by atoms with E-state index in [9.17, 15) is 15.0 Å². The molecule has 0 radical (unpaired) electrons. The number of carbonyl (C=O) groups is 1. The van der Waals surface area contributed by atoms with Crippen molar-refractivity contribution in [3.63, 3.8) is 0 Å². The first kappa shape index (κ1) is 15.9. The summed E-state index contributed by atoms with van der Waals surface area (Å²) in [5, 5.41) is 23.2. The van der Waals surface area contributed by atoms with E-state index in [1.165, 1.54) is 10.9 Å². The second-order valence-electron chi connectivity index (χ2n) is 5.34. The average Bonchev–Trinajstić information content (AvgIpc) is 3.22. The van der Waals surface area contributed by atoms with Crippen molar-refractivity contribution < 1.29 is 15.0 Å². The monoisotopic (exact) mass is 326 g/mol. The molecule has 124 valence electrons. The fourth-order valence-corrected chi connectivity index (χ4v) is 2.63. The van der Waals surface area contributed by atoms with Crippen molar-refractivity contribution in [2.45, 2.75) is 19.5 Å². The number of nitrogens with zero attached hydrogens (tertiary/aromatic N) is 4. The van der Waals surface area contributed by atoms with Crippen molar-refractivity contribution in [1.29, 1.82) is 0 Å². The van der Waals surface area contributed by atoms with Crippen LogP contribution in [0.2, 0.25) is 0 Å². The number of carboxylic acids is 1. The van der Waals surface area contributed by atoms with Gasteiger partial charge in [0.1, 0.15) is 0 Å². The van der Waals surface area contributed by atoms with Gasteiger partial charge >= 0.3 is 5.97 Å². The molecule has 2 aromatic heterocycles. The van der Waals surface area contributed by atoms with E-state index in [2.05, 4.69) is 10.1 Å². The van der Waals surface area contributed by atoms with Gasteiger partial charge in [0.2, 0.25) is 0 Å². The highest BCUT2D eigenvalue weighted by molar-refractivity contribution is 5.80. The van der Waals surface area contributed by atoms with Crippen LogP contribution in [0.4, 0.5) is 0 Å². The topological polar surface area (TPSA) is 93.2 Å². The maximum absolute atomic E-state index is 11.5. The minimum Gasteiger partial charge on any atom is -0.480 e. The van der Waals surface area contributed by atoms with Gasteiger partial charge in [-0.1, -0.05) is 30.3 Å². The van der Waals surface area contributed by atoms with E-state index in [1.54, 1.807) is 10.9 Å². The van der Waals surface area contributed by atoms with Gasteiger partial charge in [0.05, 0.1) is 30.5 Å². The third-order valence-electron chi connectivity index (χ3n) is 3.87. The van der Waals surface area contributed by atoms with E-state index < -0.39 is 18.6 Å². The Labute approximate surface area is 138 Å². The van der Waals surface area contributed by atoms with E-state index >= 15 is 0 Å². The smallest absolute Gasteiger partial charge is 0.329 e. The van der Waals surface area contributed by atoms with Crippen LogP contribution in [0.1, 0.15) is 13.0 Å². The Hall–Kier alpha value is -2.93. The van der Waals surface area contributed by atoms with Crippen LogP contribution >= 0.6 is 0 Å². The van der Waals surface area contributed by atoms with Crippen LogP contribution in [0, 0.1) is 0 Å². The summed E-state index contributed by atoms with van der Waals surface area (Å²) in [6.45, 7) is 2.16. The van der Waals surface area contributed by atoms with Crippen molar-refractivity contribution in [2.75, 3.05) is 6.61 Å². The summed E-state index contributed by atoms with van der Waals surface area (Å²) in [5.74, 6) is -1.11. The Balaban J connectivity index is 2.21. The zero-order chi connectivity index (χ0) is 17.1. The number of aromatic nitrogens is 4. The van der Waals surface area contributed by atoms with Gasteiger partial charge in [-0.25, -0.2) is 9.78 Å². The van der Waals surface area contributed by atoms with Crippen molar-refractivity contribution in [3.05, 3.63) is 49.1 Å². The third kappa shape index (κ3) is 2.81. The molecule has 1 aromatic carbocycles. The first-order valence-corrected chi connectivity index (χ1v) is 7.64. The van der Waals surface area contributed by atoms with E-state index in [0.717, 1.165) is 11.1 Å². The molecular formula is C17H18N4O3. The Kier molecular flexibility index (Phi) is 4.43. The number of imidazole rings is 1. The zero-order valence-corrected chi connectivity index (χ0v) is 13.2. The fraction of sp³-hybridized carbons (Fsp3) is 0.235. The second-order valence-corrected chi connectivity index (χ2v) is 5.34. The minimum atomic E-state index is -1.11. The quantitative estimate of drug-likeness (QED) is 0.723. The van der Waals surface area contributed by atoms with E-state index in [-0.39, 0.29) is 0 Å². The average molecular weight is 326 g/mol. The summed E-state index contributed by atoms with van der Waals surface area (Å²) < 4.78 is 3.25. The van der Waals surface area contributed by atoms with Crippen LogP contribution in [0.25, 0.3) is 22.5 Å². The number of carboxylic acid groups (broad SMARTS) is 1. The molecule has 24 heavy (non-hydrogen) atoms. The molecule has 2 N–H and O–H groups in total. The van der Waals surface area contributed by atoms with E-state index in [1.807, 2.05) is 43.5 Å². The van der Waals surface area contributed by atoms with Crippen LogP contribution in [0.15, 0.2) is 49.1 Å². The Morgan fingerprint density at radius 3 is 2.58 bits per heavy atom. The number of aryl methyl sites for hydroxylation is 1. The SMILES string of the molecule is CCn1cc(-c2c(-c3ccccc3)ncn2[C@H](CO)C(=O)O)cn1. The lowest BCUT2D eigenvalue weighted by molar-refractivity contribution is -0.142. The number of aliphatic carboxylic acids is 1. The van der Waals surface area contributed by atoms with Crippen molar-refractivity contribution >= 4 is 5.97 Å². The molecule has 0 bridgehead atoms. The van der Waals surface area contributed by atoms with Gasteiger partial charge in [0.15, 0.2) is 6.04 Å². The van der Waals surface area contributed by atoms with Crippen LogP contribution in [-0.4, -0.2) is 42.1 Å². The standard InChI is InChI=1S/C17H18N4O3/c1-2-20-9-13(8-19-20)16-15(12-6-4-3-5-7-12)18-11-21(16)14(10-22)17(23)24/h3-9,11,14,22H,2,10H2,1H3,(H,23,24)/t14-/m1/s1. The van der Waals surface area contributed by atoms with E-state index in [0.29, 0.717) is 17.9 Å². The van der Waals surface area contributed by atoms with Gasteiger partial charge < -0.3 is 14.8 Å². The number of benzene rings is 1. The number of hydrogen-bond acceptors (Lipinski definition) is 4. The molecule has 0 amide bonds. The minimum absolute atomic E-state index is 0.519. The summed E-state index contributed by atoms with van der Waals surface area (Å²) in [6, 6.07) is 8.42. The highest BCUT2D eigenvalue weighted by Crippen LogP contribution is 2.33. The summed E-state index contributed by atoms with van der Waals surface area (Å²) in [7, 11) is 0. The number of hydrogen-bond donors (Lipinski definition) is 2. The largest absolute Gasteiger partial charge is 0.480 e. The van der Waals surface area contributed by atoms with Gasteiger partial charge in [-0.2, -0.15) is 5.10 Å². The van der Waals surface area contributed by atoms with Crippen molar-refractivity contribution in [2.24, 2.45) is 0 Å². The molecule has 7 heteroatoms. The van der Waals surface area contributed by atoms with Crippen LogP contribution < -0.4 is 0 Å². The first-order chi connectivity index (χ1) is 11.7. The maximum Gasteiger partial charge on any atom is 0.329 e. The molecule has 3 rings (SSSR count). The summed E-state index contributed by atoms with van der Waals surface area (Å²) in [4.78, 5) is 15.9. The van der Waals surface area contributed by atoms with Gasteiger partial charge in [0.25, 0.3) is 0 Å². The predicted octanol–water partition coefficient (Wildman–Crippen LogP) is 2.05. The molecule has 7 nitrogen and oxygen atoms in total. The molecule has 1 atom stereocenters. The summed E-state index contributed by atoms with van der Waals surface area (Å²) in [5.41, 5.74) is 2.92. The lowest BCUT2D eigenvalue weighted by Gasteiger charge is -2.14. The normalized spacial score (nSPS) is 12.2. The molecule has 0 fully saturated rings. The first-order valence-electron chi connectivity index (χ1n) is 7.64. The highest BCUT2D eigenvalue weighted by atomic mass is 16.4. The van der Waals surface area contributed by atoms with Gasteiger partial charge in [0, 0.05) is 23.9 Å². The lowest BCUT2D eigenvalue weighted by atomic mass is 10.1. The van der Waals surface area contributed by atoms with Crippen LogP contribution in [0.3, 0.4) is 0 Å². The maximum atomic E-state index is 11.5. The molecule has 0 aliphatic rings. The Bertz CT molecular complexity index is 839. The number of rotatable bonds is 6. The Morgan fingerprint density at radius 1 is 1.25 bits per heavy atom. The van der Waals surface area contributed by atoms with E-state index in [4.69, 9.17) is 0 Å². The molecular weight excluding hydrogens is 308 g/mol. The zero-order valence-electron chi connectivity index (χ0n) is 13.2. The molecule has 0 saturated carbocycles. The molecule has 0 aliphatic carbocycles. The predicted molar refractivity (Wildman–Crippen MR) is 88.3 cm³/mol.